The van der Waals surface area contributed by atoms with Crippen LogP contribution < -0.4 is 9.46 Å². The molecule has 1 N–H and O–H groups in total. The smallest absolute Gasteiger partial charge is 0.267 e. The second-order valence-corrected chi connectivity index (χ2v) is 13.0. The minimum Gasteiger partial charge on any atom is -0.493 e. The summed E-state index contributed by atoms with van der Waals surface area (Å²) in [5.74, 6) is -1.72. The summed E-state index contributed by atoms with van der Waals surface area (Å²) >= 11 is 11.8. The highest BCUT2D eigenvalue weighted by atomic mass is 35.5. The summed E-state index contributed by atoms with van der Waals surface area (Å²) in [6.45, 7) is 0.571. The van der Waals surface area contributed by atoms with E-state index < -0.39 is 31.8 Å². The topological polar surface area (TPSA) is 110 Å². The van der Waals surface area contributed by atoms with Crippen molar-refractivity contribution >= 4 is 49.2 Å². The van der Waals surface area contributed by atoms with Gasteiger partial charge < -0.3 is 4.74 Å². The third-order valence-corrected chi connectivity index (χ3v) is 8.31. The normalized spacial score (nSPS) is 17.3. The first kappa shape index (κ1) is 25.2. The van der Waals surface area contributed by atoms with Gasteiger partial charge >= 0.3 is 0 Å². The number of halogens is 3. The van der Waals surface area contributed by atoms with Crippen molar-refractivity contribution in [2.24, 2.45) is 5.92 Å². The molecule has 2 aromatic rings. The van der Waals surface area contributed by atoms with E-state index >= 15 is 0 Å². The van der Waals surface area contributed by atoms with Gasteiger partial charge in [-0.2, -0.15) is 4.31 Å². The van der Waals surface area contributed by atoms with Crippen LogP contribution in [0.1, 0.15) is 34.7 Å². The molecule has 0 aromatic heterocycles. The van der Waals surface area contributed by atoms with Gasteiger partial charge in [0.25, 0.3) is 5.91 Å². The number of hydrogen-bond acceptors (Lipinski definition) is 6. The Bertz CT molecular complexity index is 1340. The SMILES string of the molecule is CS(=O)(=O)NC(=O)c1cc(C2CC2)c(OCC2CN(S(=O)(=O)c3cc(Cl)cc(Cl)c3)C2)cc1F. The van der Waals surface area contributed by atoms with Crippen LogP contribution in [0.4, 0.5) is 4.39 Å². The maximum atomic E-state index is 14.6. The Hall–Kier alpha value is -1.92. The van der Waals surface area contributed by atoms with Crippen molar-refractivity contribution in [3.63, 3.8) is 0 Å². The highest BCUT2D eigenvalue weighted by molar-refractivity contribution is 7.89. The highest BCUT2D eigenvalue weighted by Gasteiger charge is 2.38. The van der Waals surface area contributed by atoms with Crippen LogP contribution in [0.15, 0.2) is 35.2 Å². The monoisotopic (exact) mass is 550 g/mol. The van der Waals surface area contributed by atoms with Crippen molar-refractivity contribution in [2.75, 3.05) is 26.0 Å². The van der Waals surface area contributed by atoms with E-state index in [-0.39, 0.29) is 57.8 Å². The summed E-state index contributed by atoms with van der Waals surface area (Å²) in [7, 11) is -7.60. The predicted molar refractivity (Wildman–Crippen MR) is 125 cm³/mol. The van der Waals surface area contributed by atoms with E-state index in [0.717, 1.165) is 25.2 Å². The van der Waals surface area contributed by atoms with Gasteiger partial charge in [-0.1, -0.05) is 23.2 Å². The molecule has 2 aliphatic rings. The summed E-state index contributed by atoms with van der Waals surface area (Å²) in [5, 5.41) is 0.435. The lowest BCUT2D eigenvalue weighted by atomic mass is 10.0. The summed E-state index contributed by atoms with van der Waals surface area (Å²) in [4.78, 5) is 12.2. The standard InChI is InChI=1S/C21H21Cl2FN2O6S2/c1-33(28,29)25-21(27)18-7-17(13-2-3-13)20(8-19(18)24)32-11-12-9-26(10-12)34(30,31)16-5-14(22)4-15(23)6-16/h4-8,12-13H,2-3,9-11H2,1H3,(H,25,27). The summed E-state index contributed by atoms with van der Waals surface area (Å²) in [5.41, 5.74) is 0.248. The molecule has 1 saturated carbocycles. The number of carbonyl (C=O) groups is 1. The van der Waals surface area contributed by atoms with Gasteiger partial charge in [0.05, 0.1) is 23.3 Å². The Labute approximate surface area is 207 Å². The van der Waals surface area contributed by atoms with Crippen LogP contribution >= 0.6 is 23.2 Å². The molecular formula is C21H21Cl2FN2O6S2. The number of amides is 1. The maximum Gasteiger partial charge on any atom is 0.267 e. The fourth-order valence-corrected chi connectivity index (χ4v) is 6.43. The molecule has 0 spiro atoms. The van der Waals surface area contributed by atoms with Gasteiger partial charge in [0.15, 0.2) is 0 Å². The van der Waals surface area contributed by atoms with E-state index in [1.54, 1.807) is 4.72 Å². The third kappa shape index (κ3) is 5.65. The van der Waals surface area contributed by atoms with Crippen LogP contribution in [0.2, 0.25) is 10.0 Å². The van der Waals surface area contributed by atoms with Gasteiger partial charge in [-0.05, 0) is 48.6 Å². The van der Waals surface area contributed by atoms with Gasteiger partial charge in [0.2, 0.25) is 20.0 Å². The molecule has 2 fully saturated rings. The van der Waals surface area contributed by atoms with Crippen molar-refractivity contribution in [1.82, 2.24) is 9.03 Å². The van der Waals surface area contributed by atoms with E-state index in [9.17, 15) is 26.0 Å². The fourth-order valence-electron chi connectivity index (χ4n) is 3.67. The molecule has 1 heterocycles. The van der Waals surface area contributed by atoms with E-state index in [2.05, 4.69) is 0 Å². The van der Waals surface area contributed by atoms with Crippen LogP contribution in [-0.2, 0) is 20.0 Å². The summed E-state index contributed by atoms with van der Waals surface area (Å²) in [6, 6.07) is 6.51. The fraction of sp³-hybridized carbons (Fsp3) is 0.381. The zero-order valence-corrected chi connectivity index (χ0v) is 21.1. The van der Waals surface area contributed by atoms with Crippen molar-refractivity contribution in [2.45, 2.75) is 23.7 Å². The maximum absolute atomic E-state index is 14.6. The van der Waals surface area contributed by atoms with Gasteiger partial charge in [-0.15, -0.1) is 0 Å². The molecule has 1 aliphatic carbocycles. The van der Waals surface area contributed by atoms with E-state index in [1.807, 2.05) is 0 Å². The average molecular weight is 551 g/mol. The summed E-state index contributed by atoms with van der Waals surface area (Å²) < 4.78 is 71.6. The first-order valence-corrected chi connectivity index (χ1v) is 14.4. The lowest BCUT2D eigenvalue weighted by molar-refractivity contribution is 0.0977. The molecule has 0 radical (unpaired) electrons. The Balaban J connectivity index is 1.43. The minimum absolute atomic E-state index is 0.00502. The quantitative estimate of drug-likeness (QED) is 0.539. The van der Waals surface area contributed by atoms with Gasteiger partial charge in [0.1, 0.15) is 11.6 Å². The van der Waals surface area contributed by atoms with Gasteiger partial charge in [-0.25, -0.2) is 25.9 Å². The minimum atomic E-state index is -3.84. The number of ether oxygens (including phenoxy) is 1. The molecule has 0 unspecified atom stereocenters. The van der Waals surface area contributed by atoms with Crippen LogP contribution in [0.5, 0.6) is 5.75 Å². The Kier molecular flexibility index (Phi) is 6.87. The van der Waals surface area contributed by atoms with Gasteiger partial charge in [-0.3, -0.25) is 4.79 Å². The second-order valence-electron chi connectivity index (χ2n) is 8.45. The van der Waals surface area contributed by atoms with Crippen LogP contribution in [0.25, 0.3) is 0 Å². The van der Waals surface area contributed by atoms with Crippen LogP contribution in [0, 0.1) is 11.7 Å². The first-order chi connectivity index (χ1) is 15.8. The van der Waals surface area contributed by atoms with Crippen LogP contribution in [-0.4, -0.2) is 53.0 Å². The second kappa shape index (κ2) is 9.27. The molecule has 8 nitrogen and oxygen atoms in total. The Morgan fingerprint density at radius 3 is 2.26 bits per heavy atom. The van der Waals surface area contributed by atoms with Crippen LogP contribution in [0.3, 0.4) is 0 Å². The first-order valence-electron chi connectivity index (χ1n) is 10.3. The van der Waals surface area contributed by atoms with E-state index in [4.69, 9.17) is 27.9 Å². The lowest BCUT2D eigenvalue weighted by Crippen LogP contribution is -2.51. The molecule has 184 valence electrons. The number of benzene rings is 2. The Morgan fingerprint density at radius 2 is 1.71 bits per heavy atom. The van der Waals surface area contributed by atoms with E-state index in [1.165, 1.54) is 28.6 Å². The van der Waals surface area contributed by atoms with Crippen molar-refractivity contribution in [1.29, 1.82) is 0 Å². The largest absolute Gasteiger partial charge is 0.493 e. The molecule has 13 heteroatoms. The Morgan fingerprint density at radius 1 is 1.09 bits per heavy atom. The number of sulfonamides is 2. The lowest BCUT2D eigenvalue weighted by Gasteiger charge is -2.38. The number of carbonyl (C=O) groups excluding carboxylic acids is 1. The number of hydrogen-bond donors (Lipinski definition) is 1. The van der Waals surface area contributed by atoms with Crippen molar-refractivity contribution < 1.29 is 30.8 Å². The molecule has 1 aliphatic heterocycles. The number of nitrogens with zero attached hydrogens (tertiary/aromatic N) is 1. The number of nitrogens with one attached hydrogen (secondary N) is 1. The molecule has 0 bridgehead atoms. The molecule has 1 saturated heterocycles. The molecule has 34 heavy (non-hydrogen) atoms. The molecule has 1 amide bonds. The number of rotatable bonds is 8. The van der Waals surface area contributed by atoms with Crippen molar-refractivity contribution in [3.8, 4) is 5.75 Å². The predicted octanol–water partition coefficient (Wildman–Crippen LogP) is 3.40. The zero-order valence-electron chi connectivity index (χ0n) is 17.9. The van der Waals surface area contributed by atoms with E-state index in [0.29, 0.717) is 5.56 Å². The molecular weight excluding hydrogens is 530 g/mol. The summed E-state index contributed by atoms with van der Waals surface area (Å²) in [6.07, 6.45) is 2.49. The third-order valence-electron chi connectivity index (χ3n) is 5.51. The van der Waals surface area contributed by atoms with Crippen molar-refractivity contribution in [3.05, 3.63) is 57.3 Å². The zero-order chi connectivity index (χ0) is 24.8. The van der Waals surface area contributed by atoms with Gasteiger partial charge in [0, 0.05) is 35.1 Å². The molecule has 2 aromatic carbocycles. The average Bonchev–Trinajstić information content (AvgIpc) is 3.49. The molecule has 4 rings (SSSR count). The highest BCUT2D eigenvalue weighted by Crippen LogP contribution is 2.45. The molecule has 0 atom stereocenters.